The van der Waals surface area contributed by atoms with Crippen LogP contribution in [0.3, 0.4) is 0 Å². The summed E-state index contributed by atoms with van der Waals surface area (Å²) in [4.78, 5) is 0. The van der Waals surface area contributed by atoms with Crippen molar-refractivity contribution in [3.8, 4) is 17.3 Å². The van der Waals surface area contributed by atoms with E-state index in [-0.39, 0.29) is 11.3 Å². The lowest BCUT2D eigenvalue weighted by Crippen LogP contribution is -2.15. The van der Waals surface area contributed by atoms with Gasteiger partial charge in [0.05, 0.1) is 22.5 Å². The van der Waals surface area contributed by atoms with Gasteiger partial charge in [-0.05, 0) is 37.1 Å². The maximum atomic E-state index is 13.1. The van der Waals surface area contributed by atoms with Gasteiger partial charge in [0.2, 0.25) is 10.0 Å². The summed E-state index contributed by atoms with van der Waals surface area (Å²) in [6, 6.07) is 13.2. The Morgan fingerprint density at radius 2 is 1.83 bits per heavy atom. The lowest BCUT2D eigenvalue weighted by atomic mass is 10.0. The van der Waals surface area contributed by atoms with Gasteiger partial charge in [-0.15, -0.1) is 0 Å². The summed E-state index contributed by atoms with van der Waals surface area (Å²) in [5.74, 6) is 0.0316. The van der Waals surface area contributed by atoms with Gasteiger partial charge in [0.25, 0.3) is 6.43 Å². The molecule has 0 saturated heterocycles. The lowest BCUT2D eigenvalue weighted by Gasteiger charge is -2.11. The van der Waals surface area contributed by atoms with Crippen LogP contribution in [0.2, 0.25) is 0 Å². The van der Waals surface area contributed by atoms with Crippen molar-refractivity contribution in [3.05, 3.63) is 53.6 Å². The van der Waals surface area contributed by atoms with Crippen molar-refractivity contribution in [2.75, 3.05) is 10.5 Å². The van der Waals surface area contributed by atoms with E-state index in [0.717, 1.165) is 0 Å². The van der Waals surface area contributed by atoms with Crippen LogP contribution in [0.25, 0.3) is 22.2 Å². The van der Waals surface area contributed by atoms with Crippen molar-refractivity contribution < 1.29 is 17.2 Å². The Morgan fingerprint density at radius 3 is 2.38 bits per heavy atom. The predicted octanol–water partition coefficient (Wildman–Crippen LogP) is 5.29. The van der Waals surface area contributed by atoms with Crippen molar-refractivity contribution in [1.29, 1.82) is 5.26 Å². The number of benzene rings is 2. The normalized spacial score (nSPS) is 11.7. The molecule has 3 aromatic rings. The van der Waals surface area contributed by atoms with Crippen LogP contribution in [0, 0.1) is 11.3 Å². The Labute approximate surface area is 168 Å². The third kappa shape index (κ3) is 4.10. The number of fused-ring (bicyclic) bond motifs is 1. The first-order chi connectivity index (χ1) is 13.8. The first kappa shape index (κ1) is 20.8. The van der Waals surface area contributed by atoms with E-state index in [1.54, 1.807) is 37.3 Å². The largest absolute Gasteiger partial charge is 0.340 e. The van der Waals surface area contributed by atoms with Crippen molar-refractivity contribution in [3.63, 3.8) is 0 Å². The van der Waals surface area contributed by atoms with E-state index in [2.05, 4.69) is 10.8 Å². The number of nitrogens with zero attached hydrogens (tertiary/aromatic N) is 2. The molecule has 0 saturated carbocycles. The number of aryl methyl sites for hydroxylation is 1. The Bertz CT molecular complexity index is 1180. The first-order valence-electron chi connectivity index (χ1n) is 9.26. The highest BCUT2D eigenvalue weighted by Crippen LogP contribution is 2.35. The number of aromatic nitrogens is 1. The number of nitrogens with one attached hydrogen (secondary N) is 1. The molecule has 29 heavy (non-hydrogen) atoms. The number of nitriles is 1. The van der Waals surface area contributed by atoms with Gasteiger partial charge in [-0.3, -0.25) is 4.72 Å². The molecule has 8 heteroatoms. The minimum atomic E-state index is -3.40. The van der Waals surface area contributed by atoms with Crippen LogP contribution < -0.4 is 4.72 Å². The van der Waals surface area contributed by atoms with E-state index in [9.17, 15) is 22.5 Å². The van der Waals surface area contributed by atoms with Gasteiger partial charge >= 0.3 is 0 Å². The Balaban J connectivity index is 2.11. The van der Waals surface area contributed by atoms with Gasteiger partial charge in [0.1, 0.15) is 6.07 Å². The molecule has 0 aliphatic rings. The topological polar surface area (TPSA) is 74.9 Å². The Kier molecular flexibility index (Phi) is 5.89. The summed E-state index contributed by atoms with van der Waals surface area (Å²) in [7, 11) is -3.40. The maximum Gasteiger partial charge on any atom is 0.263 e. The smallest absolute Gasteiger partial charge is 0.263 e. The summed E-state index contributed by atoms with van der Waals surface area (Å²) in [6.45, 7) is 4.16. The fraction of sp³-hybridized carbons (Fsp3) is 0.286. The van der Waals surface area contributed by atoms with E-state index in [1.165, 1.54) is 12.1 Å². The SMILES string of the molecule is CCCS(=O)(=O)Nc1ccc(-c2c(C#N)c3ccc(C(F)F)cc3n2CC)cc1. The van der Waals surface area contributed by atoms with Crippen molar-refractivity contribution in [2.24, 2.45) is 0 Å². The number of hydrogen-bond acceptors (Lipinski definition) is 3. The van der Waals surface area contributed by atoms with Crippen LogP contribution >= 0.6 is 0 Å². The van der Waals surface area contributed by atoms with E-state index in [0.29, 0.717) is 46.4 Å². The second-order valence-electron chi connectivity index (χ2n) is 6.66. The summed E-state index contributed by atoms with van der Waals surface area (Å²) in [5.41, 5.74) is 2.64. The second kappa shape index (κ2) is 8.21. The van der Waals surface area contributed by atoms with E-state index >= 15 is 0 Å². The monoisotopic (exact) mass is 417 g/mol. The molecule has 1 heterocycles. The predicted molar refractivity (Wildman–Crippen MR) is 110 cm³/mol. The fourth-order valence-corrected chi connectivity index (χ4v) is 4.57. The highest BCUT2D eigenvalue weighted by atomic mass is 32.2. The van der Waals surface area contributed by atoms with Gasteiger partial charge in [-0.1, -0.05) is 31.2 Å². The second-order valence-corrected chi connectivity index (χ2v) is 8.50. The number of anilines is 1. The van der Waals surface area contributed by atoms with Crippen molar-refractivity contribution in [2.45, 2.75) is 33.2 Å². The standard InChI is InChI=1S/C21H21F2N3O2S/c1-3-11-29(27,28)25-16-8-5-14(6-9-16)20-18(13-24)17-10-7-15(21(22)23)12-19(17)26(20)4-2/h5-10,12,21,25H,3-4,11H2,1-2H3. The quantitative estimate of drug-likeness (QED) is 0.568. The molecule has 0 aliphatic carbocycles. The zero-order valence-electron chi connectivity index (χ0n) is 16.1. The zero-order chi connectivity index (χ0) is 21.2. The average molecular weight is 417 g/mol. The molecular formula is C21H21F2N3O2S. The summed E-state index contributed by atoms with van der Waals surface area (Å²) >= 11 is 0. The molecule has 0 atom stereocenters. The average Bonchev–Trinajstić information content (AvgIpc) is 3.00. The summed E-state index contributed by atoms with van der Waals surface area (Å²) < 4.78 is 54.5. The van der Waals surface area contributed by atoms with Crippen molar-refractivity contribution >= 4 is 26.6 Å². The summed E-state index contributed by atoms with van der Waals surface area (Å²) in [6.07, 6.45) is -2.08. The molecule has 1 aromatic heterocycles. The van der Waals surface area contributed by atoms with Gasteiger partial charge in [-0.2, -0.15) is 5.26 Å². The van der Waals surface area contributed by atoms with E-state index < -0.39 is 16.4 Å². The molecule has 0 aliphatic heterocycles. The van der Waals surface area contributed by atoms with Crippen LogP contribution in [-0.4, -0.2) is 18.7 Å². The highest BCUT2D eigenvalue weighted by Gasteiger charge is 2.20. The molecule has 0 spiro atoms. The highest BCUT2D eigenvalue weighted by molar-refractivity contribution is 7.92. The number of rotatable bonds is 7. The van der Waals surface area contributed by atoms with Gasteiger partial charge in [0, 0.05) is 23.2 Å². The Morgan fingerprint density at radius 1 is 1.14 bits per heavy atom. The first-order valence-corrected chi connectivity index (χ1v) is 10.9. The fourth-order valence-electron chi connectivity index (χ4n) is 3.44. The molecule has 0 bridgehead atoms. The maximum absolute atomic E-state index is 13.1. The molecule has 2 aromatic carbocycles. The third-order valence-corrected chi connectivity index (χ3v) is 6.17. The van der Waals surface area contributed by atoms with Gasteiger partial charge in [0.15, 0.2) is 0 Å². The summed E-state index contributed by atoms with van der Waals surface area (Å²) in [5, 5.41) is 10.3. The van der Waals surface area contributed by atoms with E-state index in [1.807, 2.05) is 11.5 Å². The molecule has 0 amide bonds. The molecule has 152 valence electrons. The van der Waals surface area contributed by atoms with Crippen LogP contribution in [0.1, 0.15) is 37.8 Å². The van der Waals surface area contributed by atoms with E-state index in [4.69, 9.17) is 0 Å². The molecule has 3 rings (SSSR count). The minimum absolute atomic E-state index is 0.0316. The molecule has 1 N–H and O–H groups in total. The number of alkyl halides is 2. The van der Waals surface area contributed by atoms with Crippen molar-refractivity contribution in [1.82, 2.24) is 4.57 Å². The lowest BCUT2D eigenvalue weighted by molar-refractivity contribution is 0.151. The molecule has 5 nitrogen and oxygen atoms in total. The van der Waals surface area contributed by atoms with Crippen LogP contribution in [0.4, 0.5) is 14.5 Å². The molecule has 0 radical (unpaired) electrons. The van der Waals surface area contributed by atoms with Crippen LogP contribution in [0.5, 0.6) is 0 Å². The zero-order valence-corrected chi connectivity index (χ0v) is 16.9. The number of halogens is 2. The number of sulfonamides is 1. The molecule has 0 fully saturated rings. The molecule has 0 unspecified atom stereocenters. The van der Waals surface area contributed by atoms with Gasteiger partial charge < -0.3 is 4.57 Å². The third-order valence-electron chi connectivity index (χ3n) is 4.67. The van der Waals surface area contributed by atoms with Gasteiger partial charge in [-0.25, -0.2) is 17.2 Å². The Hall–Kier alpha value is -2.92. The molecular weight excluding hydrogens is 396 g/mol. The van der Waals surface area contributed by atoms with Crippen LogP contribution in [0.15, 0.2) is 42.5 Å². The number of hydrogen-bond donors (Lipinski definition) is 1. The van der Waals surface area contributed by atoms with Crippen LogP contribution in [-0.2, 0) is 16.6 Å². The minimum Gasteiger partial charge on any atom is -0.340 e.